The number of aromatic nitrogens is 1. The Kier molecular flexibility index (Phi) is 4.97. The molecule has 1 aromatic rings. The van der Waals surface area contributed by atoms with E-state index in [1.165, 1.54) is 12.8 Å². The number of hydrogen-bond donors (Lipinski definition) is 1. The second-order valence-electron chi connectivity index (χ2n) is 5.73. The minimum atomic E-state index is -0.619. The average molecular weight is 281 g/mol. The molecule has 0 spiro atoms. The Morgan fingerprint density at radius 2 is 2.32 bits per heavy atom. The highest BCUT2D eigenvalue weighted by Crippen LogP contribution is 2.38. The number of thiazole rings is 1. The van der Waals surface area contributed by atoms with Crippen molar-refractivity contribution in [3.05, 3.63) is 16.1 Å². The fourth-order valence-electron chi connectivity index (χ4n) is 3.35. The van der Waals surface area contributed by atoms with E-state index in [9.17, 15) is 9.90 Å². The summed E-state index contributed by atoms with van der Waals surface area (Å²) in [5.74, 6) is 0.191. The standard InChI is InChI=1S/C15H23NO2S/c1-3-4-11-5-6-14(15(17)18)12(7-11)8-13-9-19-10(2)16-13/h9,11-12,14H,3-8H2,1-2H3,(H,17,18). The molecule has 1 fully saturated rings. The molecule has 0 aromatic carbocycles. The quantitative estimate of drug-likeness (QED) is 0.890. The van der Waals surface area contributed by atoms with Gasteiger partial charge in [-0.15, -0.1) is 11.3 Å². The van der Waals surface area contributed by atoms with Crippen molar-refractivity contribution in [2.45, 2.75) is 52.4 Å². The van der Waals surface area contributed by atoms with Crippen LogP contribution in [0.2, 0.25) is 0 Å². The normalized spacial score (nSPS) is 27.4. The molecule has 19 heavy (non-hydrogen) atoms. The monoisotopic (exact) mass is 281 g/mol. The van der Waals surface area contributed by atoms with Crippen LogP contribution in [0.4, 0.5) is 0 Å². The van der Waals surface area contributed by atoms with Gasteiger partial charge in [-0.25, -0.2) is 4.98 Å². The number of aliphatic carboxylic acids is 1. The van der Waals surface area contributed by atoms with Crippen molar-refractivity contribution >= 4 is 17.3 Å². The average Bonchev–Trinajstić information content (AvgIpc) is 2.75. The zero-order valence-electron chi connectivity index (χ0n) is 11.8. The number of hydrogen-bond acceptors (Lipinski definition) is 3. The number of carboxylic acids is 1. The Balaban J connectivity index is 2.04. The van der Waals surface area contributed by atoms with Gasteiger partial charge in [0.25, 0.3) is 0 Å². The molecule has 1 saturated carbocycles. The van der Waals surface area contributed by atoms with Crippen molar-refractivity contribution in [1.29, 1.82) is 0 Å². The lowest BCUT2D eigenvalue weighted by molar-refractivity contribution is -0.145. The molecule has 3 nitrogen and oxygen atoms in total. The lowest BCUT2D eigenvalue weighted by Gasteiger charge is -2.33. The summed E-state index contributed by atoms with van der Waals surface area (Å²) in [6.07, 6.45) is 6.25. The topological polar surface area (TPSA) is 50.2 Å². The lowest BCUT2D eigenvalue weighted by Crippen LogP contribution is -2.32. The number of carbonyl (C=O) groups is 1. The molecule has 1 aromatic heterocycles. The van der Waals surface area contributed by atoms with Crippen LogP contribution in [0.1, 0.15) is 49.7 Å². The summed E-state index contributed by atoms with van der Waals surface area (Å²) < 4.78 is 0. The van der Waals surface area contributed by atoms with Gasteiger partial charge in [0, 0.05) is 5.38 Å². The Hall–Kier alpha value is -0.900. The third-order valence-electron chi connectivity index (χ3n) is 4.24. The van der Waals surface area contributed by atoms with Gasteiger partial charge in [-0.1, -0.05) is 19.8 Å². The highest BCUT2D eigenvalue weighted by molar-refractivity contribution is 7.09. The van der Waals surface area contributed by atoms with E-state index in [1.54, 1.807) is 11.3 Å². The SMILES string of the molecule is CCCC1CCC(C(=O)O)C(Cc2csc(C)n2)C1. The first-order chi connectivity index (χ1) is 9.10. The van der Waals surface area contributed by atoms with Crippen LogP contribution < -0.4 is 0 Å². The highest BCUT2D eigenvalue weighted by atomic mass is 32.1. The summed E-state index contributed by atoms with van der Waals surface area (Å²) in [7, 11) is 0. The van der Waals surface area contributed by atoms with Crippen LogP contribution in [0.15, 0.2) is 5.38 Å². The number of carboxylic acid groups (broad SMARTS) is 1. The van der Waals surface area contributed by atoms with Crippen LogP contribution >= 0.6 is 11.3 Å². The van der Waals surface area contributed by atoms with Crippen molar-refractivity contribution < 1.29 is 9.90 Å². The molecular weight excluding hydrogens is 258 g/mol. The van der Waals surface area contributed by atoms with Crippen molar-refractivity contribution in [3.8, 4) is 0 Å². The van der Waals surface area contributed by atoms with E-state index in [4.69, 9.17) is 0 Å². The zero-order valence-corrected chi connectivity index (χ0v) is 12.6. The van der Waals surface area contributed by atoms with Gasteiger partial charge in [-0.3, -0.25) is 4.79 Å². The van der Waals surface area contributed by atoms with Gasteiger partial charge in [-0.2, -0.15) is 0 Å². The smallest absolute Gasteiger partial charge is 0.306 e. The van der Waals surface area contributed by atoms with Gasteiger partial charge in [-0.05, 0) is 44.4 Å². The third kappa shape index (κ3) is 3.78. The molecule has 1 aliphatic rings. The first kappa shape index (κ1) is 14.5. The zero-order chi connectivity index (χ0) is 13.8. The number of rotatable bonds is 5. The molecule has 1 N–H and O–H groups in total. The van der Waals surface area contributed by atoms with E-state index in [-0.39, 0.29) is 11.8 Å². The number of nitrogens with zero attached hydrogens (tertiary/aromatic N) is 1. The van der Waals surface area contributed by atoms with Gasteiger partial charge < -0.3 is 5.11 Å². The summed E-state index contributed by atoms with van der Waals surface area (Å²) in [5.41, 5.74) is 1.08. The van der Waals surface area contributed by atoms with Crippen molar-refractivity contribution in [2.24, 2.45) is 17.8 Å². The predicted octanol–water partition coefficient (Wildman–Crippen LogP) is 3.91. The summed E-state index contributed by atoms with van der Waals surface area (Å²) >= 11 is 1.66. The molecule has 1 heterocycles. The van der Waals surface area contributed by atoms with Crippen LogP contribution in [0.3, 0.4) is 0 Å². The van der Waals surface area contributed by atoms with Crippen molar-refractivity contribution in [1.82, 2.24) is 4.98 Å². The molecule has 0 amide bonds. The predicted molar refractivity (Wildman–Crippen MR) is 77.4 cm³/mol. The number of aryl methyl sites for hydroxylation is 1. The Bertz CT molecular complexity index is 430. The summed E-state index contributed by atoms with van der Waals surface area (Å²) in [6, 6.07) is 0. The summed E-state index contributed by atoms with van der Waals surface area (Å²) in [6.45, 7) is 4.21. The Morgan fingerprint density at radius 1 is 1.53 bits per heavy atom. The molecule has 3 unspecified atom stereocenters. The summed E-state index contributed by atoms with van der Waals surface area (Å²) in [4.78, 5) is 15.9. The van der Waals surface area contributed by atoms with Crippen LogP contribution in [0.5, 0.6) is 0 Å². The van der Waals surface area contributed by atoms with E-state index < -0.39 is 5.97 Å². The van der Waals surface area contributed by atoms with Gasteiger partial charge in [0.1, 0.15) is 0 Å². The molecule has 0 saturated heterocycles. The Morgan fingerprint density at radius 3 is 2.89 bits per heavy atom. The maximum Gasteiger partial charge on any atom is 0.306 e. The van der Waals surface area contributed by atoms with E-state index in [1.807, 2.05) is 6.92 Å². The fourth-order valence-corrected chi connectivity index (χ4v) is 3.98. The van der Waals surface area contributed by atoms with Gasteiger partial charge in [0.15, 0.2) is 0 Å². The molecule has 0 aliphatic heterocycles. The maximum absolute atomic E-state index is 11.4. The van der Waals surface area contributed by atoms with Crippen molar-refractivity contribution in [2.75, 3.05) is 0 Å². The highest BCUT2D eigenvalue weighted by Gasteiger charge is 2.34. The second kappa shape index (κ2) is 6.51. The minimum absolute atomic E-state index is 0.171. The van der Waals surface area contributed by atoms with E-state index >= 15 is 0 Å². The third-order valence-corrected chi connectivity index (χ3v) is 5.07. The molecule has 0 bridgehead atoms. The van der Waals surface area contributed by atoms with Gasteiger partial charge in [0.05, 0.1) is 16.6 Å². The van der Waals surface area contributed by atoms with Crippen molar-refractivity contribution in [3.63, 3.8) is 0 Å². The van der Waals surface area contributed by atoms with Crippen LogP contribution in [-0.2, 0) is 11.2 Å². The van der Waals surface area contributed by atoms with E-state index in [0.717, 1.165) is 36.4 Å². The largest absolute Gasteiger partial charge is 0.481 e. The molecule has 0 radical (unpaired) electrons. The first-order valence-electron chi connectivity index (χ1n) is 7.24. The second-order valence-corrected chi connectivity index (χ2v) is 6.80. The van der Waals surface area contributed by atoms with E-state index in [0.29, 0.717) is 5.92 Å². The minimum Gasteiger partial charge on any atom is -0.481 e. The molecular formula is C15H23NO2S. The molecule has 1 aliphatic carbocycles. The van der Waals surface area contributed by atoms with Gasteiger partial charge in [0.2, 0.25) is 0 Å². The van der Waals surface area contributed by atoms with Crippen LogP contribution in [-0.4, -0.2) is 16.1 Å². The molecule has 4 heteroatoms. The molecule has 3 atom stereocenters. The van der Waals surface area contributed by atoms with E-state index in [2.05, 4.69) is 17.3 Å². The lowest BCUT2D eigenvalue weighted by atomic mass is 9.71. The molecule has 2 rings (SSSR count). The van der Waals surface area contributed by atoms with Crippen LogP contribution in [0.25, 0.3) is 0 Å². The van der Waals surface area contributed by atoms with Gasteiger partial charge >= 0.3 is 5.97 Å². The summed E-state index contributed by atoms with van der Waals surface area (Å²) in [5, 5.41) is 12.5. The Labute approximate surface area is 119 Å². The first-order valence-corrected chi connectivity index (χ1v) is 8.12. The fraction of sp³-hybridized carbons (Fsp3) is 0.733. The molecule has 106 valence electrons. The maximum atomic E-state index is 11.4. The van der Waals surface area contributed by atoms with Crippen LogP contribution in [0, 0.1) is 24.7 Å².